The predicted octanol–water partition coefficient (Wildman–Crippen LogP) is 3.52. The van der Waals surface area contributed by atoms with E-state index in [1.807, 2.05) is 53.4 Å². The Morgan fingerprint density at radius 1 is 1.00 bits per heavy atom. The molecule has 0 bridgehead atoms. The minimum Gasteiger partial charge on any atom is -0.490 e. The molecule has 2 saturated heterocycles. The Balaban J connectivity index is 1.07. The number of ether oxygens (including phenoxy) is 2. The Morgan fingerprint density at radius 3 is 2.58 bits per heavy atom. The van der Waals surface area contributed by atoms with Gasteiger partial charge in [0.1, 0.15) is 12.4 Å². The van der Waals surface area contributed by atoms with E-state index in [9.17, 15) is 9.59 Å². The third kappa shape index (κ3) is 5.93. The normalized spacial score (nSPS) is 18.2. The molecule has 1 atom stereocenters. The number of hydrogen-bond acceptors (Lipinski definition) is 8. The molecule has 2 fully saturated rings. The van der Waals surface area contributed by atoms with E-state index in [0.29, 0.717) is 31.4 Å². The SMILES string of the molecule is O=C(CSc1nccc(-c2ccccn2)n1)N1CCC(N2CC(COc3ccccc3)OC2=O)CC1. The van der Waals surface area contributed by atoms with E-state index < -0.39 is 0 Å². The van der Waals surface area contributed by atoms with Gasteiger partial charge in [0.05, 0.1) is 23.7 Å². The number of amides is 2. The predicted molar refractivity (Wildman–Crippen MR) is 135 cm³/mol. The molecule has 1 unspecified atom stereocenters. The van der Waals surface area contributed by atoms with Gasteiger partial charge in [-0.05, 0) is 43.2 Å². The van der Waals surface area contributed by atoms with Crippen molar-refractivity contribution in [2.45, 2.75) is 30.1 Å². The lowest BCUT2D eigenvalue weighted by atomic mass is 10.0. The van der Waals surface area contributed by atoms with Gasteiger partial charge >= 0.3 is 6.09 Å². The van der Waals surface area contributed by atoms with Gasteiger partial charge in [0.2, 0.25) is 5.91 Å². The minimum absolute atomic E-state index is 0.0448. The van der Waals surface area contributed by atoms with E-state index in [1.165, 1.54) is 11.8 Å². The molecule has 2 aliphatic rings. The van der Waals surface area contributed by atoms with Crippen LogP contribution < -0.4 is 4.74 Å². The van der Waals surface area contributed by atoms with Crippen molar-refractivity contribution in [1.82, 2.24) is 24.8 Å². The molecule has 2 aromatic heterocycles. The summed E-state index contributed by atoms with van der Waals surface area (Å²) in [4.78, 5) is 42.0. The van der Waals surface area contributed by atoms with E-state index >= 15 is 0 Å². The lowest BCUT2D eigenvalue weighted by Gasteiger charge is -2.35. The first kappa shape index (κ1) is 24.1. The van der Waals surface area contributed by atoms with Crippen molar-refractivity contribution < 1.29 is 19.1 Å². The lowest BCUT2D eigenvalue weighted by molar-refractivity contribution is -0.129. The van der Waals surface area contributed by atoms with Gasteiger partial charge in [-0.25, -0.2) is 14.8 Å². The first-order valence-corrected chi connectivity index (χ1v) is 12.9. The fourth-order valence-corrected chi connectivity index (χ4v) is 5.08. The highest BCUT2D eigenvalue weighted by Crippen LogP contribution is 2.24. The van der Waals surface area contributed by atoms with Crippen LogP contribution in [0.1, 0.15) is 12.8 Å². The molecule has 2 aliphatic heterocycles. The molecule has 9 nitrogen and oxygen atoms in total. The summed E-state index contributed by atoms with van der Waals surface area (Å²) < 4.78 is 11.3. The van der Waals surface area contributed by atoms with E-state index in [0.717, 1.165) is 30.0 Å². The van der Waals surface area contributed by atoms with Crippen LogP contribution in [0.3, 0.4) is 0 Å². The molecule has 0 aliphatic carbocycles. The maximum Gasteiger partial charge on any atom is 0.410 e. The number of cyclic esters (lactones) is 1. The smallest absolute Gasteiger partial charge is 0.410 e. The Hall–Kier alpha value is -3.66. The summed E-state index contributed by atoms with van der Waals surface area (Å²) in [7, 11) is 0. The Morgan fingerprint density at radius 2 is 1.81 bits per heavy atom. The average Bonchev–Trinajstić information content (AvgIpc) is 3.32. The van der Waals surface area contributed by atoms with Gasteiger partial charge in [-0.1, -0.05) is 36.0 Å². The van der Waals surface area contributed by atoms with Crippen LogP contribution in [0.15, 0.2) is 72.1 Å². The second-order valence-electron chi connectivity index (χ2n) is 8.62. The van der Waals surface area contributed by atoms with E-state index in [4.69, 9.17) is 9.47 Å². The fraction of sp³-hybridized carbons (Fsp3) is 0.346. The molecule has 10 heteroatoms. The van der Waals surface area contributed by atoms with Gasteiger partial charge in [0.25, 0.3) is 0 Å². The maximum absolute atomic E-state index is 12.8. The van der Waals surface area contributed by atoms with Crippen molar-refractivity contribution in [1.29, 1.82) is 0 Å². The molecule has 36 heavy (non-hydrogen) atoms. The van der Waals surface area contributed by atoms with Crippen molar-refractivity contribution in [3.8, 4) is 17.1 Å². The molecule has 186 valence electrons. The van der Waals surface area contributed by atoms with E-state index in [1.54, 1.807) is 23.4 Å². The second-order valence-corrected chi connectivity index (χ2v) is 9.56. The zero-order chi connectivity index (χ0) is 24.7. The zero-order valence-electron chi connectivity index (χ0n) is 19.7. The first-order valence-electron chi connectivity index (χ1n) is 12.0. The van der Waals surface area contributed by atoms with Crippen LogP contribution in [0.2, 0.25) is 0 Å². The molecular weight excluding hydrogens is 478 g/mol. The van der Waals surface area contributed by atoms with Gasteiger partial charge in [-0.15, -0.1) is 0 Å². The molecule has 1 aromatic carbocycles. The van der Waals surface area contributed by atoms with Gasteiger partial charge < -0.3 is 19.3 Å². The Labute approximate surface area is 213 Å². The number of rotatable bonds is 8. The van der Waals surface area contributed by atoms with Crippen LogP contribution in [0.4, 0.5) is 4.79 Å². The summed E-state index contributed by atoms with van der Waals surface area (Å²) in [6.07, 6.45) is 4.26. The minimum atomic E-state index is -0.304. The van der Waals surface area contributed by atoms with E-state index in [-0.39, 0.29) is 29.9 Å². The van der Waals surface area contributed by atoms with Crippen molar-refractivity contribution in [3.05, 3.63) is 67.0 Å². The van der Waals surface area contributed by atoms with E-state index in [2.05, 4.69) is 15.0 Å². The Kier molecular flexibility index (Phi) is 7.61. The largest absolute Gasteiger partial charge is 0.490 e. The highest BCUT2D eigenvalue weighted by atomic mass is 32.2. The molecule has 0 N–H and O–H groups in total. The standard InChI is InChI=1S/C26H27N5O4S/c32-24(18-36-25-28-13-9-23(29-25)22-8-4-5-12-27-22)30-14-10-19(11-15-30)31-16-21(35-26(31)33)17-34-20-6-2-1-3-7-20/h1-9,12-13,19,21H,10-11,14-18H2. The quantitative estimate of drug-likeness (QED) is 0.339. The van der Waals surface area contributed by atoms with Gasteiger partial charge in [-0.3, -0.25) is 9.78 Å². The number of thioether (sulfide) groups is 1. The highest BCUT2D eigenvalue weighted by molar-refractivity contribution is 7.99. The number of hydrogen-bond donors (Lipinski definition) is 0. The number of carbonyl (C=O) groups is 2. The van der Waals surface area contributed by atoms with Crippen molar-refractivity contribution >= 4 is 23.8 Å². The number of pyridine rings is 1. The van der Waals surface area contributed by atoms with Crippen LogP contribution in [0.25, 0.3) is 11.4 Å². The summed E-state index contributed by atoms with van der Waals surface area (Å²) in [6, 6.07) is 17.0. The van der Waals surface area contributed by atoms with Crippen LogP contribution in [-0.4, -0.2) is 80.9 Å². The van der Waals surface area contributed by atoms with Crippen molar-refractivity contribution in [3.63, 3.8) is 0 Å². The van der Waals surface area contributed by atoms with Crippen LogP contribution in [0.5, 0.6) is 5.75 Å². The van der Waals surface area contributed by atoms with Gasteiger partial charge in [-0.2, -0.15) is 0 Å². The van der Waals surface area contributed by atoms with Crippen molar-refractivity contribution in [2.24, 2.45) is 0 Å². The Bertz CT molecular complexity index is 1180. The lowest BCUT2D eigenvalue weighted by Crippen LogP contribution is -2.47. The second kappa shape index (κ2) is 11.4. The number of likely N-dealkylation sites (tertiary alicyclic amines) is 1. The third-order valence-corrected chi connectivity index (χ3v) is 7.07. The number of para-hydroxylation sites is 1. The summed E-state index contributed by atoms with van der Waals surface area (Å²) >= 11 is 1.32. The van der Waals surface area contributed by atoms with Gasteiger partial charge in [0.15, 0.2) is 11.3 Å². The fourth-order valence-electron chi connectivity index (χ4n) is 4.34. The molecule has 3 aromatic rings. The summed E-state index contributed by atoms with van der Waals surface area (Å²) in [5, 5.41) is 0.546. The number of carbonyl (C=O) groups excluding carboxylic acids is 2. The zero-order valence-corrected chi connectivity index (χ0v) is 20.5. The van der Waals surface area contributed by atoms with Crippen LogP contribution in [-0.2, 0) is 9.53 Å². The molecule has 0 saturated carbocycles. The highest BCUT2D eigenvalue weighted by Gasteiger charge is 2.38. The molecule has 0 spiro atoms. The topological polar surface area (TPSA) is 97.8 Å². The van der Waals surface area contributed by atoms with Crippen LogP contribution >= 0.6 is 11.8 Å². The molecular formula is C26H27N5O4S. The number of benzene rings is 1. The monoisotopic (exact) mass is 505 g/mol. The third-order valence-electron chi connectivity index (χ3n) is 6.22. The first-order chi connectivity index (χ1) is 17.7. The maximum atomic E-state index is 12.8. The summed E-state index contributed by atoms with van der Waals surface area (Å²) in [6.45, 7) is 2.04. The summed E-state index contributed by atoms with van der Waals surface area (Å²) in [5.41, 5.74) is 1.50. The van der Waals surface area contributed by atoms with Gasteiger partial charge in [0, 0.05) is 31.5 Å². The number of aromatic nitrogens is 3. The molecule has 2 amide bonds. The molecule has 0 radical (unpaired) electrons. The molecule has 5 rings (SSSR count). The summed E-state index contributed by atoms with van der Waals surface area (Å²) in [5.74, 6) is 1.06. The average molecular weight is 506 g/mol. The number of nitrogens with zero attached hydrogens (tertiary/aromatic N) is 5. The number of piperidine rings is 1. The molecule has 4 heterocycles. The van der Waals surface area contributed by atoms with Crippen molar-refractivity contribution in [2.75, 3.05) is 32.0 Å². The van der Waals surface area contributed by atoms with Crippen LogP contribution in [0, 0.1) is 0 Å².